The highest BCUT2D eigenvalue weighted by atomic mass is 16.3. The highest BCUT2D eigenvalue weighted by molar-refractivity contribution is 5.98. The van der Waals surface area contributed by atoms with Gasteiger partial charge in [-0.15, -0.1) is 0 Å². The normalized spacial score (nSPS) is 19.8. The lowest BCUT2D eigenvalue weighted by molar-refractivity contribution is -0.117. The van der Waals surface area contributed by atoms with Gasteiger partial charge in [-0.1, -0.05) is 12.1 Å². The van der Waals surface area contributed by atoms with Gasteiger partial charge in [-0.2, -0.15) is 0 Å². The number of nitrogens with one attached hydrogen (secondary N) is 2. The minimum Gasteiger partial charge on any atom is -0.469 e. The highest BCUT2D eigenvalue weighted by Gasteiger charge is 2.45. The second-order valence-corrected chi connectivity index (χ2v) is 5.44. The average molecular weight is 293 g/mol. The molecule has 5 nitrogen and oxygen atoms in total. The number of hydrogen-bond donors (Lipinski definition) is 2. The summed E-state index contributed by atoms with van der Waals surface area (Å²) >= 11 is 0. The molecule has 3 aromatic rings. The summed E-state index contributed by atoms with van der Waals surface area (Å²) in [5, 5.41) is 3.01. The van der Waals surface area contributed by atoms with E-state index in [-0.39, 0.29) is 17.7 Å². The topological polar surface area (TPSA) is 70.9 Å². The molecule has 0 aliphatic heterocycles. The molecule has 0 radical (unpaired) electrons. The molecule has 1 saturated carbocycles. The molecule has 2 heterocycles. The number of hydrogen-bond acceptors (Lipinski definition) is 3. The Morgan fingerprint density at radius 3 is 2.95 bits per heavy atom. The predicted octanol–water partition coefficient (Wildman–Crippen LogP) is 3.41. The summed E-state index contributed by atoms with van der Waals surface area (Å²) in [5.74, 6) is 1.84. The van der Waals surface area contributed by atoms with Gasteiger partial charge < -0.3 is 14.7 Å². The zero-order valence-corrected chi connectivity index (χ0v) is 11.8. The number of aromatic amines is 1. The third kappa shape index (κ3) is 2.30. The van der Waals surface area contributed by atoms with Gasteiger partial charge >= 0.3 is 0 Å². The van der Waals surface area contributed by atoms with Crippen molar-refractivity contribution in [3.05, 3.63) is 60.8 Å². The van der Waals surface area contributed by atoms with Crippen LogP contribution < -0.4 is 5.32 Å². The Labute approximate surface area is 127 Å². The van der Waals surface area contributed by atoms with Gasteiger partial charge in [-0.3, -0.25) is 4.79 Å². The van der Waals surface area contributed by atoms with Crippen LogP contribution in [0.2, 0.25) is 0 Å². The van der Waals surface area contributed by atoms with Gasteiger partial charge in [0.25, 0.3) is 0 Å². The van der Waals surface area contributed by atoms with E-state index in [9.17, 15) is 4.79 Å². The summed E-state index contributed by atoms with van der Waals surface area (Å²) in [6.45, 7) is 0. The number of carbonyl (C=O) groups is 1. The largest absolute Gasteiger partial charge is 0.469 e. The zero-order chi connectivity index (χ0) is 14.9. The van der Waals surface area contributed by atoms with Crippen molar-refractivity contribution in [3.8, 4) is 11.4 Å². The molecule has 2 N–H and O–H groups in total. The van der Waals surface area contributed by atoms with Crippen molar-refractivity contribution in [2.45, 2.75) is 12.3 Å². The van der Waals surface area contributed by atoms with Crippen molar-refractivity contribution in [3.63, 3.8) is 0 Å². The number of imidazole rings is 1. The Balaban J connectivity index is 1.52. The lowest BCUT2D eigenvalue weighted by Gasteiger charge is -2.09. The first-order valence-electron chi connectivity index (χ1n) is 7.26. The first-order valence-corrected chi connectivity index (χ1v) is 7.26. The molecule has 1 aliphatic carbocycles. The molecule has 0 unspecified atom stereocenters. The first-order chi connectivity index (χ1) is 10.8. The molecule has 4 rings (SSSR count). The van der Waals surface area contributed by atoms with Crippen LogP contribution in [0.15, 0.2) is 59.5 Å². The number of H-pyrrole nitrogens is 1. The number of anilines is 1. The summed E-state index contributed by atoms with van der Waals surface area (Å²) in [4.78, 5) is 19.7. The van der Waals surface area contributed by atoms with Crippen LogP contribution in [-0.2, 0) is 4.79 Å². The van der Waals surface area contributed by atoms with Gasteiger partial charge in [0, 0.05) is 29.8 Å². The number of rotatable bonds is 4. The van der Waals surface area contributed by atoms with Crippen LogP contribution in [0.25, 0.3) is 11.4 Å². The SMILES string of the molecule is O=C(Nc1ccccc1-c1ncc[nH]1)[C@H]1C[C@H]1c1ccco1. The number of furan rings is 1. The number of amides is 1. The fraction of sp³-hybridized carbons (Fsp3) is 0.176. The summed E-state index contributed by atoms with van der Waals surface area (Å²) in [5.41, 5.74) is 1.66. The molecule has 5 heteroatoms. The Bertz CT molecular complexity index is 778. The number of benzene rings is 1. The molecule has 110 valence electrons. The molecule has 1 amide bonds. The van der Waals surface area contributed by atoms with Crippen LogP contribution >= 0.6 is 0 Å². The van der Waals surface area contributed by atoms with Crippen molar-refractivity contribution < 1.29 is 9.21 Å². The number of aromatic nitrogens is 2. The maximum atomic E-state index is 12.4. The standard InChI is InChI=1S/C17H15N3O2/c21-17(13-10-12(13)15-6-3-9-22-15)20-14-5-2-1-4-11(14)16-18-7-8-19-16/h1-9,12-13H,10H2,(H,18,19)(H,20,21)/t12-,13+/m1/s1. The number of carbonyl (C=O) groups excluding carboxylic acids is 1. The van der Waals surface area contributed by atoms with E-state index in [0.29, 0.717) is 0 Å². The molecule has 2 aromatic heterocycles. The monoisotopic (exact) mass is 293 g/mol. The smallest absolute Gasteiger partial charge is 0.228 e. The average Bonchev–Trinajstić information content (AvgIpc) is 2.96. The molecule has 22 heavy (non-hydrogen) atoms. The fourth-order valence-corrected chi connectivity index (χ4v) is 2.74. The second kappa shape index (κ2) is 5.18. The van der Waals surface area contributed by atoms with E-state index in [4.69, 9.17) is 4.42 Å². The van der Waals surface area contributed by atoms with E-state index >= 15 is 0 Å². The Kier molecular flexibility index (Phi) is 3.04. The van der Waals surface area contributed by atoms with E-state index < -0.39 is 0 Å². The van der Waals surface area contributed by atoms with Crippen molar-refractivity contribution in [1.82, 2.24) is 9.97 Å². The summed E-state index contributed by atoms with van der Waals surface area (Å²) < 4.78 is 5.38. The van der Waals surface area contributed by atoms with Crippen LogP contribution in [-0.4, -0.2) is 15.9 Å². The maximum absolute atomic E-state index is 12.4. The zero-order valence-electron chi connectivity index (χ0n) is 11.8. The van der Waals surface area contributed by atoms with Crippen molar-refractivity contribution in [1.29, 1.82) is 0 Å². The second-order valence-electron chi connectivity index (χ2n) is 5.44. The molecule has 0 saturated heterocycles. The predicted molar refractivity (Wildman–Crippen MR) is 82.2 cm³/mol. The van der Waals surface area contributed by atoms with Crippen molar-refractivity contribution in [2.75, 3.05) is 5.32 Å². The third-order valence-corrected chi connectivity index (χ3v) is 3.97. The van der Waals surface area contributed by atoms with Crippen molar-refractivity contribution >= 4 is 11.6 Å². The fourth-order valence-electron chi connectivity index (χ4n) is 2.74. The van der Waals surface area contributed by atoms with E-state index in [0.717, 1.165) is 29.3 Å². The Morgan fingerprint density at radius 1 is 1.27 bits per heavy atom. The van der Waals surface area contributed by atoms with E-state index in [1.54, 1.807) is 18.7 Å². The van der Waals surface area contributed by atoms with Gasteiger partial charge in [-0.25, -0.2) is 4.98 Å². The minimum atomic E-state index is -0.0178. The molecule has 0 bridgehead atoms. The molecule has 2 atom stereocenters. The minimum absolute atomic E-state index is 0.0178. The van der Waals surface area contributed by atoms with Gasteiger partial charge in [0.05, 0.1) is 12.0 Å². The lowest BCUT2D eigenvalue weighted by Crippen LogP contribution is -2.15. The van der Waals surface area contributed by atoms with E-state index in [1.165, 1.54) is 0 Å². The lowest BCUT2D eigenvalue weighted by atomic mass is 10.1. The molecule has 1 aliphatic rings. The Hall–Kier alpha value is -2.82. The van der Waals surface area contributed by atoms with Crippen LogP contribution in [0.4, 0.5) is 5.69 Å². The van der Waals surface area contributed by atoms with Crippen LogP contribution in [0, 0.1) is 5.92 Å². The highest BCUT2D eigenvalue weighted by Crippen LogP contribution is 2.48. The third-order valence-electron chi connectivity index (χ3n) is 3.97. The van der Waals surface area contributed by atoms with E-state index in [1.807, 2.05) is 36.4 Å². The maximum Gasteiger partial charge on any atom is 0.228 e. The van der Waals surface area contributed by atoms with Gasteiger partial charge in [0.1, 0.15) is 11.6 Å². The van der Waals surface area contributed by atoms with Gasteiger partial charge in [-0.05, 0) is 30.7 Å². The number of para-hydroxylation sites is 1. The van der Waals surface area contributed by atoms with E-state index in [2.05, 4.69) is 15.3 Å². The van der Waals surface area contributed by atoms with Crippen LogP contribution in [0.3, 0.4) is 0 Å². The molecular formula is C17H15N3O2. The van der Waals surface area contributed by atoms with Gasteiger partial charge in [0.15, 0.2) is 0 Å². The molecule has 1 fully saturated rings. The summed E-state index contributed by atoms with van der Waals surface area (Å²) in [7, 11) is 0. The first kappa shape index (κ1) is 12.9. The quantitative estimate of drug-likeness (QED) is 0.774. The molecular weight excluding hydrogens is 278 g/mol. The van der Waals surface area contributed by atoms with Crippen LogP contribution in [0.5, 0.6) is 0 Å². The summed E-state index contributed by atoms with van der Waals surface area (Å²) in [6, 6.07) is 11.4. The van der Waals surface area contributed by atoms with Crippen molar-refractivity contribution in [2.24, 2.45) is 5.92 Å². The van der Waals surface area contributed by atoms with Crippen LogP contribution in [0.1, 0.15) is 18.1 Å². The number of nitrogens with zero attached hydrogens (tertiary/aromatic N) is 1. The summed E-state index contributed by atoms with van der Waals surface area (Å²) in [6.07, 6.45) is 5.95. The molecule has 0 spiro atoms. The van der Waals surface area contributed by atoms with Gasteiger partial charge in [0.2, 0.25) is 5.91 Å². The Morgan fingerprint density at radius 2 is 2.18 bits per heavy atom. The molecule has 1 aromatic carbocycles.